The number of nitrogens with two attached hydrogens (primary N) is 2. The van der Waals surface area contributed by atoms with E-state index in [4.69, 9.17) is 30.4 Å². The standard InChI is InChI=1S/C45H36F6N2O12/c1-60-38-21-25(4-18-36(38)62-41(56)27-7-13-31(14-8-27)64-44(46,47)48)3-12-30(54)24-34(33-17-11-29(52)23-35(33)53)43(58,59)40(55)20-6-26-5-19-37(39(22-26)61-2)63-42(57)28-9-15-32(16-10-28)65-45(49,50)51/h3-23,34,58-59H,24,52-53H2,1-2H3/b12-3+,20-6+. The van der Waals surface area contributed by atoms with Gasteiger partial charge in [-0.1, -0.05) is 30.4 Å². The van der Waals surface area contributed by atoms with Crippen LogP contribution < -0.4 is 39.9 Å². The molecule has 14 nitrogen and oxygen atoms in total. The van der Waals surface area contributed by atoms with E-state index in [1.54, 1.807) is 0 Å². The predicted molar refractivity (Wildman–Crippen MR) is 220 cm³/mol. The minimum atomic E-state index is -4.93. The monoisotopic (exact) mass is 910 g/mol. The van der Waals surface area contributed by atoms with Crippen LogP contribution in [0.2, 0.25) is 0 Å². The number of nitrogen functional groups attached to an aromatic ring is 2. The maximum absolute atomic E-state index is 13.5. The van der Waals surface area contributed by atoms with Gasteiger partial charge in [0.1, 0.15) is 11.5 Å². The number of methoxy groups -OCH3 is 2. The zero-order valence-electron chi connectivity index (χ0n) is 33.8. The van der Waals surface area contributed by atoms with Crippen LogP contribution in [0.15, 0.2) is 115 Å². The van der Waals surface area contributed by atoms with Gasteiger partial charge in [0.15, 0.2) is 28.8 Å². The van der Waals surface area contributed by atoms with Gasteiger partial charge in [-0.15, -0.1) is 26.3 Å². The summed E-state index contributed by atoms with van der Waals surface area (Å²) in [6.07, 6.45) is -6.12. The lowest BCUT2D eigenvalue weighted by atomic mass is 9.82. The van der Waals surface area contributed by atoms with Crippen LogP contribution in [0.25, 0.3) is 12.2 Å². The van der Waals surface area contributed by atoms with Gasteiger partial charge in [-0.3, -0.25) is 9.59 Å². The molecule has 65 heavy (non-hydrogen) atoms. The van der Waals surface area contributed by atoms with Gasteiger partial charge in [-0.2, -0.15) is 0 Å². The first-order valence-corrected chi connectivity index (χ1v) is 18.6. The summed E-state index contributed by atoms with van der Waals surface area (Å²) in [7, 11) is 2.51. The molecule has 1 unspecified atom stereocenters. The van der Waals surface area contributed by atoms with Crippen molar-refractivity contribution in [3.8, 4) is 34.5 Å². The zero-order valence-corrected chi connectivity index (χ0v) is 33.8. The number of hydrogen-bond donors (Lipinski definition) is 4. The molecular formula is C45H36F6N2O12. The third-order valence-corrected chi connectivity index (χ3v) is 9.06. The second-order valence-corrected chi connectivity index (χ2v) is 13.6. The maximum Gasteiger partial charge on any atom is 0.573 e. The minimum absolute atomic E-state index is 0.00147. The third kappa shape index (κ3) is 13.3. The topological polar surface area (TPSA) is 216 Å². The Labute approximate surface area is 364 Å². The lowest BCUT2D eigenvalue weighted by molar-refractivity contribution is -0.275. The van der Waals surface area contributed by atoms with Crippen molar-refractivity contribution in [3.63, 3.8) is 0 Å². The molecular weight excluding hydrogens is 874 g/mol. The summed E-state index contributed by atoms with van der Waals surface area (Å²) in [5, 5.41) is 22.8. The number of allylic oxidation sites excluding steroid dienone is 1. The van der Waals surface area contributed by atoms with Gasteiger partial charge in [0.25, 0.3) is 0 Å². The number of halogens is 6. The lowest BCUT2D eigenvalue weighted by Crippen LogP contribution is -2.44. The average Bonchev–Trinajstić information content (AvgIpc) is 3.24. The minimum Gasteiger partial charge on any atom is -0.493 e. The van der Waals surface area contributed by atoms with Gasteiger partial charge in [-0.05, 0) is 114 Å². The van der Waals surface area contributed by atoms with Crippen LogP contribution in [0.1, 0.15) is 49.7 Å². The molecule has 0 saturated carbocycles. The summed E-state index contributed by atoms with van der Waals surface area (Å²) in [4.78, 5) is 52.3. The van der Waals surface area contributed by atoms with Crippen molar-refractivity contribution in [2.75, 3.05) is 25.7 Å². The molecule has 0 amide bonds. The number of carbonyl (C=O) groups is 4. The smallest absolute Gasteiger partial charge is 0.493 e. The molecule has 0 heterocycles. The molecule has 6 N–H and O–H groups in total. The van der Waals surface area contributed by atoms with Crippen LogP contribution in [-0.2, 0) is 9.59 Å². The Balaban J connectivity index is 1.29. The van der Waals surface area contributed by atoms with E-state index in [9.17, 15) is 55.7 Å². The Hall–Kier alpha value is -7.84. The molecule has 0 aromatic heterocycles. The highest BCUT2D eigenvalue weighted by Gasteiger charge is 2.43. The van der Waals surface area contributed by atoms with E-state index in [-0.39, 0.29) is 56.6 Å². The highest BCUT2D eigenvalue weighted by atomic mass is 19.4. The van der Waals surface area contributed by atoms with Crippen molar-refractivity contribution < 1.29 is 84.2 Å². The van der Waals surface area contributed by atoms with Gasteiger partial charge >= 0.3 is 24.7 Å². The van der Waals surface area contributed by atoms with Crippen molar-refractivity contribution in [1.82, 2.24) is 0 Å². The van der Waals surface area contributed by atoms with E-state index in [2.05, 4.69) is 9.47 Å². The summed E-state index contributed by atoms with van der Waals surface area (Å²) in [5.41, 5.74) is 12.5. The number of rotatable bonds is 17. The summed E-state index contributed by atoms with van der Waals surface area (Å²) in [5.74, 6) is -10.0. The summed E-state index contributed by atoms with van der Waals surface area (Å²) in [6.45, 7) is 0. The van der Waals surface area contributed by atoms with Gasteiger partial charge in [0.05, 0.1) is 31.3 Å². The Bertz CT molecular complexity index is 2610. The SMILES string of the molecule is COc1cc(/C=C/C(=O)CC(c2ccc(N)cc2N)C(O)(O)C(=O)/C=C/c2ccc(OC(=O)c3ccc(OC(F)(F)F)cc3)c(OC)c2)ccc1OC(=O)c1ccc(OC(F)(F)F)cc1. The number of anilines is 2. The molecule has 0 bridgehead atoms. The molecule has 5 rings (SSSR count). The fourth-order valence-electron chi connectivity index (χ4n) is 5.95. The second-order valence-electron chi connectivity index (χ2n) is 13.6. The number of aliphatic hydroxyl groups is 2. The summed E-state index contributed by atoms with van der Waals surface area (Å²) >= 11 is 0. The number of alkyl halides is 6. The molecule has 0 radical (unpaired) electrons. The van der Waals surface area contributed by atoms with E-state index in [1.165, 1.54) is 81.0 Å². The zero-order chi connectivity index (χ0) is 47.7. The third-order valence-electron chi connectivity index (χ3n) is 9.06. The van der Waals surface area contributed by atoms with Gasteiger partial charge in [0, 0.05) is 17.8 Å². The number of esters is 2. The normalized spacial score (nSPS) is 12.4. The summed E-state index contributed by atoms with van der Waals surface area (Å²) < 4.78 is 104. The van der Waals surface area contributed by atoms with Crippen LogP contribution in [-0.4, -0.2) is 66.4 Å². The summed E-state index contributed by atoms with van der Waals surface area (Å²) in [6, 6.07) is 20.1. The first-order valence-electron chi connectivity index (χ1n) is 18.6. The van der Waals surface area contributed by atoms with Gasteiger partial charge < -0.3 is 50.1 Å². The highest BCUT2D eigenvalue weighted by molar-refractivity contribution is 6.01. The molecule has 1 atom stereocenters. The molecule has 0 aliphatic heterocycles. The molecule has 340 valence electrons. The van der Waals surface area contributed by atoms with Gasteiger partial charge in [-0.25, -0.2) is 9.59 Å². The van der Waals surface area contributed by atoms with E-state index < -0.39 is 65.9 Å². The molecule has 0 spiro atoms. The van der Waals surface area contributed by atoms with E-state index in [1.807, 2.05) is 0 Å². The van der Waals surface area contributed by atoms with Crippen LogP contribution in [0.4, 0.5) is 37.7 Å². The quantitative estimate of drug-likeness (QED) is 0.0175. The lowest BCUT2D eigenvalue weighted by Gasteiger charge is -2.30. The van der Waals surface area contributed by atoms with Crippen LogP contribution in [0, 0.1) is 0 Å². The highest BCUT2D eigenvalue weighted by Crippen LogP contribution is 2.37. The average molecular weight is 911 g/mol. The van der Waals surface area contributed by atoms with Crippen molar-refractivity contribution >= 4 is 47.0 Å². The maximum atomic E-state index is 13.5. The van der Waals surface area contributed by atoms with E-state index in [0.717, 1.165) is 60.7 Å². The molecule has 0 aliphatic rings. The number of ether oxygens (including phenoxy) is 6. The first kappa shape index (κ1) is 48.2. The van der Waals surface area contributed by atoms with Crippen LogP contribution in [0.3, 0.4) is 0 Å². The molecule has 0 aliphatic carbocycles. The second kappa shape index (κ2) is 20.1. The fraction of sp³-hybridized carbons (Fsp3) is 0.156. The largest absolute Gasteiger partial charge is 0.573 e. The number of benzene rings is 5. The number of hydrogen-bond acceptors (Lipinski definition) is 14. The van der Waals surface area contributed by atoms with Crippen LogP contribution in [0.5, 0.6) is 34.5 Å². The number of carbonyl (C=O) groups excluding carboxylic acids is 4. The Morgan fingerprint density at radius 1 is 0.600 bits per heavy atom. The molecule has 5 aromatic rings. The van der Waals surface area contributed by atoms with Crippen molar-refractivity contribution in [2.24, 2.45) is 0 Å². The van der Waals surface area contributed by atoms with Crippen molar-refractivity contribution in [3.05, 3.63) is 143 Å². The fourth-order valence-corrected chi connectivity index (χ4v) is 5.95. The molecule has 5 aromatic carbocycles. The van der Waals surface area contributed by atoms with Gasteiger partial charge in [0.2, 0.25) is 11.6 Å². The first-order chi connectivity index (χ1) is 30.5. The van der Waals surface area contributed by atoms with Crippen LogP contribution >= 0.6 is 0 Å². The molecule has 20 heteroatoms. The Morgan fingerprint density at radius 3 is 1.46 bits per heavy atom. The Kier molecular flexibility index (Phi) is 14.9. The number of ketones is 2. The van der Waals surface area contributed by atoms with Crippen molar-refractivity contribution in [2.45, 2.75) is 30.9 Å². The predicted octanol–water partition coefficient (Wildman–Crippen LogP) is 7.82. The van der Waals surface area contributed by atoms with E-state index >= 15 is 0 Å². The molecule has 0 saturated heterocycles. The molecule has 0 fully saturated rings. The van der Waals surface area contributed by atoms with Crippen molar-refractivity contribution in [1.29, 1.82) is 0 Å². The Morgan fingerprint density at radius 2 is 1.05 bits per heavy atom. The van der Waals surface area contributed by atoms with E-state index in [0.29, 0.717) is 5.56 Å².